The summed E-state index contributed by atoms with van der Waals surface area (Å²) in [7, 11) is -3.85. The monoisotopic (exact) mass is 334 g/mol. The Kier molecular flexibility index (Phi) is 7.94. The Hall–Kier alpha value is 0.571. The van der Waals surface area contributed by atoms with Gasteiger partial charge in [-0.3, -0.25) is 0 Å². The number of hydrogen-bond donors (Lipinski definition) is 0. The minimum absolute atomic E-state index is 0.00684. The molecule has 0 aliphatic heterocycles. The maximum atomic E-state index is 6.88. The van der Waals surface area contributed by atoms with Gasteiger partial charge in [0.15, 0.2) is 9.04 Å². The molecular formula is C15H38O2Si3. The molecule has 0 aromatic rings. The van der Waals surface area contributed by atoms with Crippen LogP contribution in [-0.2, 0) is 8.85 Å². The molecule has 0 aromatic heterocycles. The highest BCUT2D eigenvalue weighted by Gasteiger charge is 2.50. The van der Waals surface area contributed by atoms with Gasteiger partial charge in [0.25, 0.3) is 0 Å². The Labute approximate surface area is 132 Å². The van der Waals surface area contributed by atoms with Crippen molar-refractivity contribution in [1.82, 2.24) is 0 Å². The van der Waals surface area contributed by atoms with E-state index < -0.39 is 26.2 Å². The third-order valence-corrected chi connectivity index (χ3v) is 13.5. The van der Waals surface area contributed by atoms with Crippen molar-refractivity contribution in [2.45, 2.75) is 96.7 Å². The predicted molar refractivity (Wildman–Crippen MR) is 99.4 cm³/mol. The lowest BCUT2D eigenvalue weighted by Gasteiger charge is -2.50. The van der Waals surface area contributed by atoms with Crippen molar-refractivity contribution in [1.29, 1.82) is 0 Å². The second-order valence-electron chi connectivity index (χ2n) is 7.30. The largest absolute Gasteiger partial charge is 0.415 e. The summed E-state index contributed by atoms with van der Waals surface area (Å²) in [6, 6.07) is 0. The van der Waals surface area contributed by atoms with Crippen LogP contribution >= 0.6 is 0 Å². The molecule has 0 aliphatic carbocycles. The molecule has 0 amide bonds. The molecule has 20 heavy (non-hydrogen) atoms. The van der Waals surface area contributed by atoms with Gasteiger partial charge in [-0.15, -0.1) is 0 Å². The van der Waals surface area contributed by atoms with Gasteiger partial charge in [0.1, 0.15) is 0 Å². The van der Waals surface area contributed by atoms with Crippen LogP contribution in [0.4, 0.5) is 0 Å². The summed E-state index contributed by atoms with van der Waals surface area (Å²) >= 11 is 0. The molecule has 122 valence electrons. The van der Waals surface area contributed by atoms with Gasteiger partial charge in [0.2, 0.25) is 8.32 Å². The van der Waals surface area contributed by atoms with E-state index in [1.54, 1.807) is 0 Å². The molecule has 0 fully saturated rings. The van der Waals surface area contributed by atoms with E-state index in [-0.39, 0.29) is 10.4 Å². The quantitative estimate of drug-likeness (QED) is 0.578. The first-order valence-electron chi connectivity index (χ1n) is 8.38. The molecule has 1 atom stereocenters. The average Bonchev–Trinajstić information content (AvgIpc) is 2.34. The number of rotatable bonds is 9. The van der Waals surface area contributed by atoms with E-state index in [0.717, 1.165) is 19.3 Å². The summed E-state index contributed by atoms with van der Waals surface area (Å²) < 4.78 is 13.4. The molecule has 5 heteroatoms. The molecular weight excluding hydrogens is 296 g/mol. The fourth-order valence-corrected chi connectivity index (χ4v) is 12.1. The van der Waals surface area contributed by atoms with Crippen LogP contribution in [0.1, 0.15) is 47.0 Å². The Morgan fingerprint density at radius 2 is 1.35 bits per heavy atom. The summed E-state index contributed by atoms with van der Waals surface area (Å²) in [6.45, 7) is 23.3. The van der Waals surface area contributed by atoms with E-state index in [1.165, 1.54) is 0 Å². The van der Waals surface area contributed by atoms with E-state index in [0.29, 0.717) is 0 Å². The highest BCUT2D eigenvalue weighted by atomic mass is 28.4. The minimum Gasteiger partial charge on any atom is -0.415 e. The van der Waals surface area contributed by atoms with E-state index in [4.69, 9.17) is 8.85 Å². The zero-order chi connectivity index (χ0) is 16.2. The highest BCUT2D eigenvalue weighted by molar-refractivity contribution is 6.76. The summed E-state index contributed by atoms with van der Waals surface area (Å²) in [6.07, 6.45) is 3.27. The Morgan fingerprint density at radius 3 is 1.60 bits per heavy atom. The summed E-state index contributed by atoms with van der Waals surface area (Å²) in [5.41, 5.74) is 0. The molecule has 0 heterocycles. The molecule has 1 unspecified atom stereocenters. The molecule has 0 saturated carbocycles. The van der Waals surface area contributed by atoms with Crippen LogP contribution < -0.4 is 0 Å². The lowest BCUT2D eigenvalue weighted by molar-refractivity contribution is 0.0693. The van der Waals surface area contributed by atoms with Gasteiger partial charge in [-0.25, -0.2) is 0 Å². The lowest BCUT2D eigenvalue weighted by atomic mass is 10.2. The normalized spacial score (nSPS) is 16.8. The molecule has 0 aliphatic rings. The van der Waals surface area contributed by atoms with Crippen LogP contribution in [0.15, 0.2) is 0 Å². The predicted octanol–water partition coefficient (Wildman–Crippen LogP) is 4.50. The van der Waals surface area contributed by atoms with Gasteiger partial charge in [-0.05, 0) is 52.4 Å². The molecule has 0 spiro atoms. The Morgan fingerprint density at radius 1 is 0.900 bits per heavy atom. The van der Waals surface area contributed by atoms with Crippen molar-refractivity contribution in [3.05, 3.63) is 0 Å². The third-order valence-electron chi connectivity index (χ3n) is 5.11. The second kappa shape index (κ2) is 7.72. The molecule has 0 bridgehead atoms. The first-order chi connectivity index (χ1) is 9.00. The van der Waals surface area contributed by atoms with E-state index in [9.17, 15) is 0 Å². The van der Waals surface area contributed by atoms with Gasteiger partial charge >= 0.3 is 0 Å². The second-order valence-corrected chi connectivity index (χ2v) is 17.3. The molecule has 0 radical (unpaired) electrons. The fourth-order valence-electron chi connectivity index (χ4n) is 3.14. The Bertz CT molecular complexity index is 289. The van der Waals surface area contributed by atoms with Gasteiger partial charge in [-0.1, -0.05) is 33.9 Å². The molecule has 2 nitrogen and oxygen atoms in total. The van der Waals surface area contributed by atoms with Gasteiger partial charge < -0.3 is 8.85 Å². The third kappa shape index (κ3) is 4.53. The summed E-state index contributed by atoms with van der Waals surface area (Å²) in [4.78, 5) is 0. The van der Waals surface area contributed by atoms with Crippen molar-refractivity contribution in [2.24, 2.45) is 0 Å². The number of hydrogen-bond acceptors (Lipinski definition) is 2. The Balaban J connectivity index is 5.43. The zero-order valence-corrected chi connectivity index (χ0v) is 18.9. The smallest absolute Gasteiger partial charge is 0.217 e. The zero-order valence-electron chi connectivity index (χ0n) is 15.6. The van der Waals surface area contributed by atoms with Crippen LogP contribution in [0.25, 0.3) is 0 Å². The lowest BCUT2D eigenvalue weighted by Crippen LogP contribution is -2.63. The summed E-state index contributed by atoms with van der Waals surface area (Å²) in [5.74, 6) is 0. The van der Waals surface area contributed by atoms with Crippen molar-refractivity contribution in [3.63, 3.8) is 0 Å². The van der Waals surface area contributed by atoms with Crippen molar-refractivity contribution in [3.8, 4) is 0 Å². The van der Waals surface area contributed by atoms with Crippen LogP contribution in [-0.4, -0.2) is 36.6 Å². The molecule has 0 saturated heterocycles. The average molecular weight is 335 g/mol. The van der Waals surface area contributed by atoms with Crippen LogP contribution in [0.3, 0.4) is 0 Å². The highest BCUT2D eigenvalue weighted by Crippen LogP contribution is 2.37. The SMILES string of the molecule is CCC(C)(O[Si](C)(C)C(CC)(CC)O[SiH](C)C)[SiH](C)C. The fraction of sp³-hybridized carbons (Fsp3) is 1.00. The van der Waals surface area contributed by atoms with Gasteiger partial charge in [0.05, 0.1) is 14.0 Å². The standard InChI is InChI=1S/C15H38O2Si3/c1-11-14(4,18(5)6)17-20(9,10)15(12-2,13-3)16-19(7)8/h18-19H,11-13H2,1-10H3. The van der Waals surface area contributed by atoms with E-state index in [2.05, 4.69) is 67.0 Å². The van der Waals surface area contributed by atoms with E-state index in [1.807, 2.05) is 0 Å². The van der Waals surface area contributed by atoms with Crippen LogP contribution in [0, 0.1) is 0 Å². The topological polar surface area (TPSA) is 18.5 Å². The molecule has 0 aromatic carbocycles. The molecule has 0 rings (SSSR count). The first kappa shape index (κ1) is 20.6. The van der Waals surface area contributed by atoms with Crippen LogP contribution in [0.2, 0.25) is 39.3 Å². The van der Waals surface area contributed by atoms with Gasteiger partial charge in [0, 0.05) is 5.22 Å². The van der Waals surface area contributed by atoms with Crippen molar-refractivity contribution >= 4 is 26.2 Å². The van der Waals surface area contributed by atoms with Crippen molar-refractivity contribution in [2.75, 3.05) is 0 Å². The van der Waals surface area contributed by atoms with Crippen LogP contribution in [0.5, 0.6) is 0 Å². The van der Waals surface area contributed by atoms with Gasteiger partial charge in [-0.2, -0.15) is 0 Å². The first-order valence-corrected chi connectivity index (χ1v) is 17.0. The van der Waals surface area contributed by atoms with Crippen molar-refractivity contribution < 1.29 is 8.85 Å². The summed E-state index contributed by atoms with van der Waals surface area (Å²) in [5, 5.41) is 0.0975. The van der Waals surface area contributed by atoms with E-state index >= 15 is 0 Å². The maximum absolute atomic E-state index is 6.88. The minimum atomic E-state index is -1.92. The maximum Gasteiger partial charge on any atom is 0.217 e. The molecule has 0 N–H and O–H groups in total.